The maximum Gasteiger partial charge on any atom is 0.213 e. The highest BCUT2D eigenvalue weighted by atomic mass is 79.9. The number of sulfonamides is 1. The lowest BCUT2D eigenvalue weighted by Gasteiger charge is -2.17. The minimum atomic E-state index is -3.16. The molecule has 0 aliphatic heterocycles. The van der Waals surface area contributed by atoms with E-state index in [9.17, 15) is 8.42 Å². The molecule has 6 heteroatoms. The largest absolute Gasteiger partial charge is 0.381 e. The third kappa shape index (κ3) is 5.68. The van der Waals surface area contributed by atoms with Crippen LogP contribution in [-0.2, 0) is 14.8 Å². The number of alkyl halides is 1. The van der Waals surface area contributed by atoms with Gasteiger partial charge >= 0.3 is 0 Å². The molecule has 17 heavy (non-hydrogen) atoms. The van der Waals surface area contributed by atoms with Crippen LogP contribution >= 0.6 is 15.9 Å². The monoisotopic (exact) mass is 327 g/mol. The first kappa shape index (κ1) is 15.4. The van der Waals surface area contributed by atoms with Crippen molar-refractivity contribution >= 4 is 26.0 Å². The molecule has 0 aromatic rings. The van der Waals surface area contributed by atoms with Gasteiger partial charge in [-0.2, -0.15) is 0 Å². The van der Waals surface area contributed by atoms with Gasteiger partial charge in [0.15, 0.2) is 0 Å². The second-order valence-electron chi connectivity index (χ2n) is 4.47. The topological polar surface area (TPSA) is 55.4 Å². The molecule has 1 fully saturated rings. The van der Waals surface area contributed by atoms with Gasteiger partial charge in [-0.05, 0) is 31.6 Å². The number of hydrogen-bond donors (Lipinski definition) is 1. The van der Waals surface area contributed by atoms with E-state index in [-0.39, 0.29) is 12.4 Å². The highest BCUT2D eigenvalue weighted by molar-refractivity contribution is 9.09. The Morgan fingerprint density at radius 1 is 1.35 bits per heavy atom. The standard InChI is InChI=1S/C11H22BrNO3S/c1-2-16-6-7-17(14,15)13-9-11-5-3-4-10(11)8-12/h10-11,13H,2-9H2,1H3. The predicted octanol–water partition coefficient (Wildman–Crippen LogP) is 1.75. The van der Waals surface area contributed by atoms with Gasteiger partial charge in [-0.1, -0.05) is 22.4 Å². The van der Waals surface area contributed by atoms with Gasteiger partial charge in [-0.3, -0.25) is 0 Å². The lowest BCUT2D eigenvalue weighted by molar-refractivity contribution is 0.163. The van der Waals surface area contributed by atoms with Crippen molar-refractivity contribution in [2.75, 3.05) is 30.8 Å². The Bertz CT molecular complexity index is 308. The fourth-order valence-electron chi connectivity index (χ4n) is 2.20. The van der Waals surface area contributed by atoms with Crippen molar-refractivity contribution in [3.05, 3.63) is 0 Å². The van der Waals surface area contributed by atoms with E-state index in [0.29, 0.717) is 25.0 Å². The Labute approximate surface area is 113 Å². The molecule has 0 radical (unpaired) electrons. The molecule has 2 unspecified atom stereocenters. The Morgan fingerprint density at radius 2 is 2.06 bits per heavy atom. The van der Waals surface area contributed by atoms with E-state index < -0.39 is 10.0 Å². The molecule has 1 rings (SSSR count). The SMILES string of the molecule is CCOCCS(=O)(=O)NCC1CCCC1CBr. The first-order valence-corrected chi connectivity index (χ1v) is 8.97. The zero-order chi connectivity index (χ0) is 12.7. The average molecular weight is 328 g/mol. The second kappa shape index (κ2) is 7.71. The summed E-state index contributed by atoms with van der Waals surface area (Å²) in [4.78, 5) is 0. The number of nitrogens with one attached hydrogen (secondary N) is 1. The molecule has 0 aromatic heterocycles. The molecular weight excluding hydrogens is 306 g/mol. The van der Waals surface area contributed by atoms with Crippen molar-refractivity contribution in [1.29, 1.82) is 0 Å². The normalized spacial score (nSPS) is 25.3. The van der Waals surface area contributed by atoms with Crippen molar-refractivity contribution in [3.63, 3.8) is 0 Å². The summed E-state index contributed by atoms with van der Waals surface area (Å²) in [5.41, 5.74) is 0. The van der Waals surface area contributed by atoms with Gasteiger partial charge in [0.05, 0.1) is 12.4 Å². The van der Waals surface area contributed by atoms with Crippen LogP contribution in [0, 0.1) is 11.8 Å². The molecule has 2 atom stereocenters. The van der Waals surface area contributed by atoms with Gasteiger partial charge in [0, 0.05) is 18.5 Å². The van der Waals surface area contributed by atoms with E-state index in [0.717, 1.165) is 11.8 Å². The number of rotatable bonds is 8. The molecule has 1 aliphatic rings. The molecule has 4 nitrogen and oxygen atoms in total. The minimum Gasteiger partial charge on any atom is -0.381 e. The molecule has 0 aromatic carbocycles. The van der Waals surface area contributed by atoms with Crippen LogP contribution < -0.4 is 4.72 Å². The summed E-state index contributed by atoms with van der Waals surface area (Å²) in [6.45, 7) is 3.27. The van der Waals surface area contributed by atoms with Crippen LogP contribution in [0.2, 0.25) is 0 Å². The van der Waals surface area contributed by atoms with Crippen LogP contribution in [0.25, 0.3) is 0 Å². The van der Waals surface area contributed by atoms with E-state index in [1.807, 2.05) is 6.92 Å². The van der Waals surface area contributed by atoms with Crippen LogP contribution in [0.1, 0.15) is 26.2 Å². The van der Waals surface area contributed by atoms with Gasteiger partial charge in [0.1, 0.15) is 0 Å². The van der Waals surface area contributed by atoms with Crippen LogP contribution in [-0.4, -0.2) is 39.3 Å². The van der Waals surface area contributed by atoms with Crippen molar-refractivity contribution in [2.45, 2.75) is 26.2 Å². The number of ether oxygens (including phenoxy) is 1. The molecule has 0 saturated heterocycles. The molecule has 1 aliphatic carbocycles. The summed E-state index contributed by atoms with van der Waals surface area (Å²) in [6, 6.07) is 0. The Morgan fingerprint density at radius 3 is 2.71 bits per heavy atom. The lowest BCUT2D eigenvalue weighted by Crippen LogP contribution is -2.34. The fourth-order valence-corrected chi connectivity index (χ4v) is 4.01. The van der Waals surface area contributed by atoms with Crippen LogP contribution in [0.3, 0.4) is 0 Å². The van der Waals surface area contributed by atoms with Crippen molar-refractivity contribution in [2.24, 2.45) is 11.8 Å². The van der Waals surface area contributed by atoms with Crippen LogP contribution in [0.5, 0.6) is 0 Å². The van der Waals surface area contributed by atoms with E-state index >= 15 is 0 Å². The molecule has 1 saturated carbocycles. The van der Waals surface area contributed by atoms with Crippen LogP contribution in [0.4, 0.5) is 0 Å². The first-order valence-electron chi connectivity index (χ1n) is 6.20. The lowest BCUT2D eigenvalue weighted by atomic mass is 9.99. The van der Waals surface area contributed by atoms with E-state index in [1.54, 1.807) is 0 Å². The summed E-state index contributed by atoms with van der Waals surface area (Å²) in [5.74, 6) is 1.16. The first-order chi connectivity index (χ1) is 8.09. The van der Waals surface area contributed by atoms with Gasteiger partial charge < -0.3 is 4.74 Å². The second-order valence-corrected chi connectivity index (χ2v) is 7.04. The molecule has 0 amide bonds. The smallest absolute Gasteiger partial charge is 0.213 e. The van der Waals surface area contributed by atoms with Gasteiger partial charge in [-0.15, -0.1) is 0 Å². The molecular formula is C11H22BrNO3S. The van der Waals surface area contributed by atoms with E-state index in [2.05, 4.69) is 20.7 Å². The third-order valence-corrected chi connectivity index (χ3v) is 5.42. The summed E-state index contributed by atoms with van der Waals surface area (Å²) in [7, 11) is -3.16. The molecule has 0 spiro atoms. The Hall–Kier alpha value is 0.350. The van der Waals surface area contributed by atoms with E-state index in [4.69, 9.17) is 4.74 Å². The summed E-state index contributed by atoms with van der Waals surface area (Å²) >= 11 is 3.49. The zero-order valence-electron chi connectivity index (χ0n) is 10.3. The zero-order valence-corrected chi connectivity index (χ0v) is 12.7. The maximum absolute atomic E-state index is 11.7. The summed E-state index contributed by atoms with van der Waals surface area (Å²) in [5, 5.41) is 0.971. The van der Waals surface area contributed by atoms with Gasteiger partial charge in [0.2, 0.25) is 10.0 Å². The number of hydrogen-bond acceptors (Lipinski definition) is 3. The quantitative estimate of drug-likeness (QED) is 0.546. The van der Waals surface area contributed by atoms with Crippen molar-refractivity contribution in [1.82, 2.24) is 4.72 Å². The molecule has 1 N–H and O–H groups in total. The van der Waals surface area contributed by atoms with Crippen molar-refractivity contribution < 1.29 is 13.2 Å². The van der Waals surface area contributed by atoms with Crippen LogP contribution in [0.15, 0.2) is 0 Å². The maximum atomic E-state index is 11.7. The van der Waals surface area contributed by atoms with Gasteiger partial charge in [-0.25, -0.2) is 13.1 Å². The molecule has 0 bridgehead atoms. The highest BCUT2D eigenvalue weighted by Gasteiger charge is 2.27. The molecule has 102 valence electrons. The number of halogens is 1. The fraction of sp³-hybridized carbons (Fsp3) is 1.00. The third-order valence-electron chi connectivity index (χ3n) is 3.28. The van der Waals surface area contributed by atoms with E-state index in [1.165, 1.54) is 12.8 Å². The van der Waals surface area contributed by atoms with Gasteiger partial charge in [0.25, 0.3) is 0 Å². The minimum absolute atomic E-state index is 0.0620. The summed E-state index contributed by atoms with van der Waals surface area (Å²) in [6.07, 6.45) is 3.54. The Kier molecular flexibility index (Phi) is 6.99. The van der Waals surface area contributed by atoms with Crippen molar-refractivity contribution in [3.8, 4) is 0 Å². The highest BCUT2D eigenvalue weighted by Crippen LogP contribution is 2.32. The summed E-state index contributed by atoms with van der Waals surface area (Å²) < 4.78 is 31.1. The Balaban J connectivity index is 2.28. The average Bonchev–Trinajstić information content (AvgIpc) is 2.74. The molecule has 0 heterocycles. The predicted molar refractivity (Wildman–Crippen MR) is 72.9 cm³/mol.